The van der Waals surface area contributed by atoms with Crippen LogP contribution in [0, 0.1) is 0 Å². The second kappa shape index (κ2) is 12.6. The van der Waals surface area contributed by atoms with E-state index in [1.807, 2.05) is 36.5 Å². The molecule has 1 aromatic carbocycles. The Balaban J connectivity index is 1.45. The Morgan fingerprint density at radius 2 is 1.71 bits per heavy atom. The molecule has 0 saturated carbocycles. The largest absolute Gasteiger partial charge is 0.366 e. The summed E-state index contributed by atoms with van der Waals surface area (Å²) < 4.78 is 1.97. The first kappa shape index (κ1) is 27.9. The van der Waals surface area contributed by atoms with E-state index in [0.29, 0.717) is 25.0 Å². The van der Waals surface area contributed by atoms with Crippen LogP contribution in [0.1, 0.15) is 46.1 Å². The predicted molar refractivity (Wildman–Crippen MR) is 157 cm³/mol. The van der Waals surface area contributed by atoms with Gasteiger partial charge in [-0.1, -0.05) is 31.2 Å². The van der Waals surface area contributed by atoms with E-state index in [0.717, 1.165) is 49.5 Å². The molecule has 1 atom stereocenters. The number of likely N-dealkylation sites (N-methyl/N-ethyl adjacent to an activating group) is 1. The lowest BCUT2D eigenvalue weighted by atomic mass is 9.97. The number of carbonyl (C=O) groups is 1. The van der Waals surface area contributed by atoms with Gasteiger partial charge in [-0.3, -0.25) is 4.90 Å². The molecule has 206 valence electrons. The highest BCUT2D eigenvalue weighted by Crippen LogP contribution is 2.30. The summed E-state index contributed by atoms with van der Waals surface area (Å²) in [5, 5.41) is 10.9. The van der Waals surface area contributed by atoms with Gasteiger partial charge >= 0.3 is 6.03 Å². The first-order valence-corrected chi connectivity index (χ1v) is 14.0. The first-order valence-electron chi connectivity index (χ1n) is 14.0. The summed E-state index contributed by atoms with van der Waals surface area (Å²) in [6.07, 6.45) is 3.98. The number of fused-ring (bicyclic) bond motifs is 1. The van der Waals surface area contributed by atoms with Crippen LogP contribution in [0.5, 0.6) is 0 Å². The van der Waals surface area contributed by atoms with Gasteiger partial charge in [0.15, 0.2) is 0 Å². The van der Waals surface area contributed by atoms with Gasteiger partial charge < -0.3 is 20.4 Å². The van der Waals surface area contributed by atoms with E-state index in [2.05, 4.69) is 88.9 Å². The van der Waals surface area contributed by atoms with E-state index in [-0.39, 0.29) is 12.1 Å². The van der Waals surface area contributed by atoms with E-state index in [1.165, 1.54) is 11.1 Å². The average molecular weight is 520 g/mol. The third-order valence-corrected chi connectivity index (χ3v) is 7.51. The van der Waals surface area contributed by atoms with Crippen molar-refractivity contribution in [2.75, 3.05) is 57.8 Å². The van der Waals surface area contributed by atoms with Crippen molar-refractivity contribution in [2.45, 2.75) is 52.6 Å². The molecule has 2 amide bonds. The van der Waals surface area contributed by atoms with Crippen LogP contribution < -0.4 is 15.5 Å². The van der Waals surface area contributed by atoms with E-state index >= 15 is 0 Å². The number of hydrogen-bond acceptors (Lipinski definition) is 5. The maximum atomic E-state index is 12.4. The van der Waals surface area contributed by atoms with Crippen LogP contribution in [0.4, 0.5) is 10.5 Å². The minimum Gasteiger partial charge on any atom is -0.366 e. The Bertz CT molecular complexity index is 1180. The Morgan fingerprint density at radius 3 is 2.34 bits per heavy atom. The van der Waals surface area contributed by atoms with Crippen LogP contribution >= 0.6 is 0 Å². The maximum Gasteiger partial charge on any atom is 0.317 e. The van der Waals surface area contributed by atoms with Gasteiger partial charge in [0.2, 0.25) is 0 Å². The lowest BCUT2D eigenvalue weighted by Gasteiger charge is -2.36. The fourth-order valence-electron chi connectivity index (χ4n) is 5.19. The SMILES string of the molecule is CNCCN(C[C@H](C)c1ccc(-c2cc3c(N4CCN(C(=O)NC(C)C)CC4)ccnn3c2)cc1)C(C)C. The number of benzene rings is 1. The zero-order chi connectivity index (χ0) is 27.2. The minimum atomic E-state index is 0.0251. The summed E-state index contributed by atoms with van der Waals surface area (Å²) in [7, 11) is 2.01. The fourth-order valence-corrected chi connectivity index (χ4v) is 5.19. The molecule has 0 aliphatic carbocycles. The van der Waals surface area contributed by atoms with Crippen molar-refractivity contribution in [3.05, 3.63) is 54.4 Å². The lowest BCUT2D eigenvalue weighted by Crippen LogP contribution is -2.53. The van der Waals surface area contributed by atoms with Crippen molar-refractivity contribution in [3.8, 4) is 11.1 Å². The van der Waals surface area contributed by atoms with Gasteiger partial charge in [0.25, 0.3) is 0 Å². The first-order chi connectivity index (χ1) is 18.3. The number of amides is 2. The highest BCUT2D eigenvalue weighted by atomic mass is 16.2. The molecule has 1 aliphatic rings. The average Bonchev–Trinajstić information content (AvgIpc) is 3.35. The number of piperazine rings is 1. The minimum absolute atomic E-state index is 0.0251. The van der Waals surface area contributed by atoms with Crippen LogP contribution in [0.2, 0.25) is 0 Å². The predicted octanol–water partition coefficient (Wildman–Crippen LogP) is 4.27. The standard InChI is InChI=1S/C30H45N7O/c1-22(2)33-30(38)35-17-15-34(16-18-35)28-11-12-32-37-21-27(19-29(28)37)26-9-7-25(8-10-26)24(5)20-36(23(3)4)14-13-31-6/h7-12,19,21-24,31H,13-18,20H2,1-6H3,(H,33,38)/t24-/m0/s1. The Morgan fingerprint density at radius 1 is 1.00 bits per heavy atom. The monoisotopic (exact) mass is 519 g/mol. The van der Waals surface area contributed by atoms with Crippen LogP contribution in [0.15, 0.2) is 48.8 Å². The Hall–Kier alpha value is -3.10. The number of rotatable bonds is 10. The van der Waals surface area contributed by atoms with Gasteiger partial charge in [0, 0.05) is 75.9 Å². The molecular formula is C30H45N7O. The third kappa shape index (κ3) is 6.66. The molecular weight excluding hydrogens is 474 g/mol. The Labute approximate surface area is 228 Å². The van der Waals surface area contributed by atoms with Gasteiger partial charge in [0.05, 0.1) is 11.2 Å². The molecule has 3 aromatic rings. The molecule has 4 rings (SSSR count). The van der Waals surface area contributed by atoms with Crippen LogP contribution in [-0.2, 0) is 0 Å². The molecule has 2 N–H and O–H groups in total. The summed E-state index contributed by atoms with van der Waals surface area (Å²) >= 11 is 0. The highest BCUT2D eigenvalue weighted by Gasteiger charge is 2.23. The van der Waals surface area contributed by atoms with E-state index in [4.69, 9.17) is 0 Å². The molecule has 0 radical (unpaired) electrons. The molecule has 8 heteroatoms. The number of aromatic nitrogens is 2. The van der Waals surface area contributed by atoms with Gasteiger partial charge in [-0.15, -0.1) is 0 Å². The summed E-state index contributed by atoms with van der Waals surface area (Å²) in [5.41, 5.74) is 5.99. The zero-order valence-corrected chi connectivity index (χ0v) is 23.9. The zero-order valence-electron chi connectivity index (χ0n) is 23.9. The second-order valence-corrected chi connectivity index (χ2v) is 11.1. The number of hydrogen-bond donors (Lipinski definition) is 2. The van der Waals surface area contributed by atoms with Gasteiger partial charge in [-0.25, -0.2) is 9.31 Å². The van der Waals surface area contributed by atoms with Gasteiger partial charge in [0.1, 0.15) is 0 Å². The summed E-state index contributed by atoms with van der Waals surface area (Å²) in [6, 6.07) is 14.0. The number of nitrogens with one attached hydrogen (secondary N) is 2. The Kier molecular flexibility index (Phi) is 9.28. The number of nitrogens with zero attached hydrogens (tertiary/aromatic N) is 5. The molecule has 0 spiro atoms. The van der Waals surface area contributed by atoms with Crippen LogP contribution in [0.3, 0.4) is 0 Å². The molecule has 1 fully saturated rings. The fraction of sp³-hybridized carbons (Fsp3) is 0.533. The normalized spacial score (nSPS) is 15.2. The molecule has 38 heavy (non-hydrogen) atoms. The van der Waals surface area contributed by atoms with Crippen molar-refractivity contribution in [1.82, 2.24) is 30.0 Å². The quantitative estimate of drug-likeness (QED) is 0.419. The van der Waals surface area contributed by atoms with Crippen LogP contribution in [0.25, 0.3) is 16.6 Å². The second-order valence-electron chi connectivity index (χ2n) is 11.1. The molecule has 0 unspecified atom stereocenters. The van der Waals surface area contributed by atoms with Crippen molar-refractivity contribution < 1.29 is 4.79 Å². The summed E-state index contributed by atoms with van der Waals surface area (Å²) in [6.45, 7) is 17.0. The molecule has 1 saturated heterocycles. The van der Waals surface area contributed by atoms with Crippen LogP contribution in [-0.4, -0.2) is 90.4 Å². The van der Waals surface area contributed by atoms with Crippen molar-refractivity contribution in [2.24, 2.45) is 0 Å². The van der Waals surface area contributed by atoms with E-state index in [1.54, 1.807) is 0 Å². The smallest absolute Gasteiger partial charge is 0.317 e. The number of carbonyl (C=O) groups excluding carboxylic acids is 1. The van der Waals surface area contributed by atoms with Gasteiger partial charge in [-0.2, -0.15) is 5.10 Å². The van der Waals surface area contributed by atoms with Crippen molar-refractivity contribution in [3.63, 3.8) is 0 Å². The topological polar surface area (TPSA) is 68.2 Å². The number of urea groups is 1. The maximum absolute atomic E-state index is 12.4. The highest BCUT2D eigenvalue weighted by molar-refractivity contribution is 5.80. The molecule has 1 aliphatic heterocycles. The van der Waals surface area contributed by atoms with E-state index < -0.39 is 0 Å². The van der Waals surface area contributed by atoms with Crippen molar-refractivity contribution in [1.29, 1.82) is 0 Å². The van der Waals surface area contributed by atoms with Gasteiger partial charge in [-0.05, 0) is 63.9 Å². The van der Waals surface area contributed by atoms with Crippen molar-refractivity contribution >= 4 is 17.2 Å². The summed E-state index contributed by atoms with van der Waals surface area (Å²) in [5.74, 6) is 0.464. The third-order valence-electron chi connectivity index (χ3n) is 7.51. The number of anilines is 1. The molecule has 8 nitrogen and oxygen atoms in total. The van der Waals surface area contributed by atoms with E-state index in [9.17, 15) is 4.79 Å². The molecule has 3 heterocycles. The lowest BCUT2D eigenvalue weighted by molar-refractivity contribution is 0.192. The molecule has 2 aromatic heterocycles. The summed E-state index contributed by atoms with van der Waals surface area (Å²) in [4.78, 5) is 19.2. The molecule has 0 bridgehead atoms.